The first-order valence-electron chi connectivity index (χ1n) is 7.86. The van der Waals surface area contributed by atoms with Gasteiger partial charge in [-0.25, -0.2) is 4.79 Å². The minimum Gasteiger partial charge on any atom is -0.334 e. The minimum atomic E-state index is -0.458. The molecule has 3 amide bonds. The van der Waals surface area contributed by atoms with Crippen molar-refractivity contribution in [2.75, 3.05) is 5.75 Å². The summed E-state index contributed by atoms with van der Waals surface area (Å²) in [6, 6.07) is 15.4. The molecule has 0 spiro atoms. The molecule has 24 heavy (non-hydrogen) atoms. The van der Waals surface area contributed by atoms with Gasteiger partial charge in [-0.05, 0) is 42.7 Å². The molecule has 0 aromatic heterocycles. The topological polar surface area (TPSA) is 58.2 Å². The maximum absolute atomic E-state index is 11.8. The van der Waals surface area contributed by atoms with E-state index in [1.54, 1.807) is 11.8 Å². The van der Waals surface area contributed by atoms with E-state index in [4.69, 9.17) is 0 Å². The van der Waals surface area contributed by atoms with Crippen LogP contribution in [0.5, 0.6) is 0 Å². The number of urea groups is 1. The molecule has 0 aliphatic heterocycles. The molecular formula is C19H22N2O2S. The van der Waals surface area contributed by atoms with E-state index in [0.717, 1.165) is 10.5 Å². The number of aryl methyl sites for hydroxylation is 2. The Morgan fingerprint density at radius 1 is 1.00 bits per heavy atom. The Labute approximate surface area is 147 Å². The van der Waals surface area contributed by atoms with E-state index in [1.165, 1.54) is 11.1 Å². The smallest absolute Gasteiger partial charge is 0.321 e. The highest BCUT2D eigenvalue weighted by Crippen LogP contribution is 2.21. The van der Waals surface area contributed by atoms with Gasteiger partial charge < -0.3 is 5.32 Å². The van der Waals surface area contributed by atoms with Gasteiger partial charge in [0.15, 0.2) is 0 Å². The summed E-state index contributed by atoms with van der Waals surface area (Å²) < 4.78 is 0. The molecular weight excluding hydrogens is 320 g/mol. The molecule has 2 rings (SSSR count). The van der Waals surface area contributed by atoms with Crippen LogP contribution in [0.1, 0.15) is 23.1 Å². The van der Waals surface area contributed by atoms with E-state index in [2.05, 4.69) is 42.7 Å². The second kappa shape index (κ2) is 9.13. The molecule has 0 saturated carbocycles. The van der Waals surface area contributed by atoms with Crippen LogP contribution in [0.15, 0.2) is 53.4 Å². The van der Waals surface area contributed by atoms with Crippen LogP contribution in [0.3, 0.4) is 0 Å². The number of carbonyl (C=O) groups is 2. The highest BCUT2D eigenvalue weighted by atomic mass is 32.2. The van der Waals surface area contributed by atoms with Crippen LogP contribution in [0.25, 0.3) is 0 Å². The van der Waals surface area contributed by atoms with Crippen molar-refractivity contribution in [1.29, 1.82) is 0 Å². The lowest BCUT2D eigenvalue weighted by Crippen LogP contribution is -2.39. The van der Waals surface area contributed by atoms with Crippen molar-refractivity contribution < 1.29 is 9.59 Å². The van der Waals surface area contributed by atoms with Crippen molar-refractivity contribution in [3.05, 3.63) is 65.2 Å². The molecule has 0 saturated heterocycles. The zero-order valence-corrected chi connectivity index (χ0v) is 14.8. The molecule has 126 valence electrons. The number of imide groups is 1. The van der Waals surface area contributed by atoms with Gasteiger partial charge in [-0.3, -0.25) is 10.1 Å². The second-order valence-electron chi connectivity index (χ2n) is 5.56. The van der Waals surface area contributed by atoms with E-state index in [-0.39, 0.29) is 5.91 Å². The van der Waals surface area contributed by atoms with Crippen LogP contribution in [0.2, 0.25) is 0 Å². The lowest BCUT2D eigenvalue weighted by Gasteiger charge is -2.07. The van der Waals surface area contributed by atoms with Gasteiger partial charge >= 0.3 is 6.03 Å². The summed E-state index contributed by atoms with van der Waals surface area (Å²) in [7, 11) is 0. The van der Waals surface area contributed by atoms with Gasteiger partial charge in [-0.15, -0.1) is 11.8 Å². The first-order chi connectivity index (χ1) is 11.5. The van der Waals surface area contributed by atoms with Crippen molar-refractivity contribution in [1.82, 2.24) is 10.6 Å². The molecule has 0 unspecified atom stereocenters. The Morgan fingerprint density at radius 3 is 2.46 bits per heavy atom. The molecule has 0 heterocycles. The van der Waals surface area contributed by atoms with Gasteiger partial charge in [0.2, 0.25) is 5.91 Å². The summed E-state index contributed by atoms with van der Waals surface area (Å²) in [5, 5.41) is 5.03. The quantitative estimate of drug-likeness (QED) is 0.785. The van der Waals surface area contributed by atoms with E-state index < -0.39 is 6.03 Å². The largest absolute Gasteiger partial charge is 0.334 e. The molecule has 0 radical (unpaired) electrons. The average Bonchev–Trinajstić information content (AvgIpc) is 2.57. The molecule has 2 aromatic rings. The van der Waals surface area contributed by atoms with Gasteiger partial charge in [-0.2, -0.15) is 0 Å². The summed E-state index contributed by atoms with van der Waals surface area (Å²) in [5.74, 6) is 0.372. The molecule has 0 fully saturated rings. The van der Waals surface area contributed by atoms with Gasteiger partial charge in [0.1, 0.15) is 0 Å². The molecule has 2 N–H and O–H groups in total. The zero-order valence-electron chi connectivity index (χ0n) is 14.0. The van der Waals surface area contributed by atoms with E-state index >= 15 is 0 Å². The SMILES string of the molecule is Cc1ccc(SCCC(=O)NC(=O)NCc2ccccc2)cc1C. The number of amides is 3. The van der Waals surface area contributed by atoms with Crippen LogP contribution in [-0.4, -0.2) is 17.7 Å². The lowest BCUT2D eigenvalue weighted by molar-refractivity contribution is -0.119. The summed E-state index contributed by atoms with van der Waals surface area (Å²) in [6.45, 7) is 4.55. The molecule has 0 aliphatic carbocycles. The molecule has 2 aromatic carbocycles. The number of thioether (sulfide) groups is 1. The molecule has 0 aliphatic rings. The minimum absolute atomic E-state index is 0.267. The highest BCUT2D eigenvalue weighted by molar-refractivity contribution is 7.99. The first-order valence-corrected chi connectivity index (χ1v) is 8.85. The van der Waals surface area contributed by atoms with E-state index in [0.29, 0.717) is 18.7 Å². The van der Waals surface area contributed by atoms with Crippen LogP contribution in [-0.2, 0) is 11.3 Å². The van der Waals surface area contributed by atoms with Gasteiger partial charge in [0.25, 0.3) is 0 Å². The third-order valence-electron chi connectivity index (χ3n) is 3.63. The van der Waals surface area contributed by atoms with E-state index in [1.807, 2.05) is 30.3 Å². The van der Waals surface area contributed by atoms with Gasteiger partial charge in [0.05, 0.1) is 0 Å². The Balaban J connectivity index is 1.67. The summed E-state index contributed by atoms with van der Waals surface area (Å²) in [4.78, 5) is 24.6. The van der Waals surface area contributed by atoms with Crippen molar-refractivity contribution >= 4 is 23.7 Å². The third-order valence-corrected chi connectivity index (χ3v) is 4.62. The van der Waals surface area contributed by atoms with Crippen LogP contribution in [0.4, 0.5) is 4.79 Å². The normalized spacial score (nSPS) is 10.2. The third kappa shape index (κ3) is 6.08. The van der Waals surface area contributed by atoms with E-state index in [9.17, 15) is 9.59 Å². The predicted octanol–water partition coefficient (Wildman–Crippen LogP) is 3.81. The average molecular weight is 342 g/mol. The standard InChI is InChI=1S/C19H22N2O2S/c1-14-8-9-17(12-15(14)2)24-11-10-18(22)21-19(23)20-13-16-6-4-3-5-7-16/h3-9,12H,10-11,13H2,1-2H3,(H2,20,21,22,23). The first kappa shape index (κ1) is 18.1. The Bertz CT molecular complexity index is 702. The monoisotopic (exact) mass is 342 g/mol. The number of carbonyl (C=O) groups excluding carboxylic acids is 2. The second-order valence-corrected chi connectivity index (χ2v) is 6.73. The maximum atomic E-state index is 11.8. The van der Waals surface area contributed by atoms with Crippen molar-refractivity contribution in [3.8, 4) is 0 Å². The highest BCUT2D eigenvalue weighted by Gasteiger charge is 2.07. The number of benzene rings is 2. The number of hydrogen-bond acceptors (Lipinski definition) is 3. The Kier molecular flexibility index (Phi) is 6.88. The predicted molar refractivity (Wildman–Crippen MR) is 98.1 cm³/mol. The lowest BCUT2D eigenvalue weighted by atomic mass is 10.1. The van der Waals surface area contributed by atoms with Gasteiger partial charge in [0, 0.05) is 23.6 Å². The fraction of sp³-hybridized carbons (Fsp3) is 0.263. The van der Waals surface area contributed by atoms with Crippen molar-refractivity contribution in [2.45, 2.75) is 31.7 Å². The van der Waals surface area contributed by atoms with Crippen LogP contribution in [0, 0.1) is 13.8 Å². The number of hydrogen-bond donors (Lipinski definition) is 2. The fourth-order valence-corrected chi connectivity index (χ4v) is 3.02. The van der Waals surface area contributed by atoms with Gasteiger partial charge in [-0.1, -0.05) is 36.4 Å². The van der Waals surface area contributed by atoms with Crippen molar-refractivity contribution in [2.24, 2.45) is 0 Å². The van der Waals surface area contributed by atoms with Crippen LogP contribution >= 0.6 is 11.8 Å². The summed E-state index contributed by atoms with van der Waals surface area (Å²) in [6.07, 6.45) is 0.302. The summed E-state index contributed by atoms with van der Waals surface area (Å²) >= 11 is 1.62. The molecule has 5 heteroatoms. The Morgan fingerprint density at radius 2 is 1.75 bits per heavy atom. The zero-order chi connectivity index (χ0) is 17.4. The number of rotatable bonds is 6. The number of nitrogens with one attached hydrogen (secondary N) is 2. The van der Waals surface area contributed by atoms with Crippen LogP contribution < -0.4 is 10.6 Å². The fourth-order valence-electron chi connectivity index (χ4n) is 2.08. The maximum Gasteiger partial charge on any atom is 0.321 e. The molecule has 0 bridgehead atoms. The summed E-state index contributed by atoms with van der Waals surface area (Å²) in [5.41, 5.74) is 3.49. The van der Waals surface area contributed by atoms with Crippen molar-refractivity contribution in [3.63, 3.8) is 0 Å². The molecule has 0 atom stereocenters. The Hall–Kier alpha value is -2.27. The molecule has 4 nitrogen and oxygen atoms in total.